The maximum Gasteiger partial charge on any atom is 0.343 e. The third-order valence-electron chi connectivity index (χ3n) is 2.30. The van der Waals surface area contributed by atoms with Crippen LogP contribution in [0.5, 0.6) is 0 Å². The Kier molecular flexibility index (Phi) is 7.10. The van der Waals surface area contributed by atoms with Gasteiger partial charge in [-0.1, -0.05) is 0 Å². The van der Waals surface area contributed by atoms with Crippen molar-refractivity contribution in [2.75, 3.05) is 14.2 Å². The highest BCUT2D eigenvalue weighted by Gasteiger charge is 2.45. The zero-order chi connectivity index (χ0) is 13.6. The Balaban J connectivity index is 4.66. The summed E-state index contributed by atoms with van der Waals surface area (Å²) < 4.78 is 83.2. The largest absolute Gasteiger partial charge is 0.397 e. The Labute approximate surface area is 96.1 Å². The van der Waals surface area contributed by atoms with Gasteiger partial charge >= 0.3 is 8.56 Å². The number of hydrogen-bond acceptors (Lipinski definition) is 2. The predicted octanol–water partition coefficient (Wildman–Crippen LogP) is 2.93. The molecule has 0 rings (SSSR count). The maximum atomic E-state index is 12.9. The normalized spacial score (nSPS) is 16.6. The van der Waals surface area contributed by atoms with E-state index in [1.165, 1.54) is 0 Å². The molecule has 2 nitrogen and oxygen atoms in total. The van der Waals surface area contributed by atoms with Gasteiger partial charge in [0.25, 0.3) is 12.9 Å². The highest BCUT2D eigenvalue weighted by atomic mass is 28.4. The fourth-order valence-corrected chi connectivity index (χ4v) is 3.82. The highest BCUT2D eigenvalue weighted by molar-refractivity contribution is 6.67. The van der Waals surface area contributed by atoms with Gasteiger partial charge in [0.2, 0.25) is 0 Å². The first-order chi connectivity index (χ1) is 7.78. The van der Waals surface area contributed by atoms with Gasteiger partial charge in [-0.25, -0.2) is 26.3 Å². The van der Waals surface area contributed by atoms with E-state index in [2.05, 4.69) is 0 Å². The van der Waals surface area contributed by atoms with Crippen LogP contribution in [0.15, 0.2) is 0 Å². The third-order valence-corrected chi connectivity index (χ3v) is 5.81. The van der Waals surface area contributed by atoms with E-state index in [9.17, 15) is 26.3 Å². The van der Waals surface area contributed by atoms with E-state index in [-0.39, 0.29) is 0 Å². The molecule has 0 radical (unpaired) electrons. The lowest BCUT2D eigenvalue weighted by Crippen LogP contribution is -2.46. The number of alkyl halides is 6. The lowest BCUT2D eigenvalue weighted by Gasteiger charge is -2.29. The van der Waals surface area contributed by atoms with E-state index in [4.69, 9.17) is 8.85 Å². The van der Waals surface area contributed by atoms with Crippen molar-refractivity contribution in [3.63, 3.8) is 0 Å². The van der Waals surface area contributed by atoms with Gasteiger partial charge in [0.05, 0.1) is 0 Å². The second-order valence-corrected chi connectivity index (χ2v) is 6.88. The van der Waals surface area contributed by atoms with Gasteiger partial charge in [-0.15, -0.1) is 0 Å². The van der Waals surface area contributed by atoms with Crippen molar-refractivity contribution in [1.29, 1.82) is 0 Å². The number of hydrogen-bond donors (Lipinski definition) is 0. The zero-order valence-electron chi connectivity index (χ0n) is 9.31. The van der Waals surface area contributed by atoms with Crippen LogP contribution in [0.1, 0.15) is 0 Å². The van der Waals surface area contributed by atoms with Gasteiger partial charge in [0, 0.05) is 26.3 Å². The van der Waals surface area contributed by atoms with Crippen LogP contribution in [-0.2, 0) is 8.85 Å². The summed E-state index contributed by atoms with van der Waals surface area (Å²) in [5.41, 5.74) is 0. The molecule has 9 heteroatoms. The molecule has 2 unspecified atom stereocenters. The molecule has 0 aliphatic rings. The molecule has 0 spiro atoms. The number of rotatable bonds is 8. The standard InChI is InChI=1S/C8H14F6O2Si/c1-15-17(16-2,3-5(9)7(11)12)4-6(10)8(13)14/h5-8H,3-4H2,1-2H3. The fraction of sp³-hybridized carbons (Fsp3) is 1.00. The Morgan fingerprint density at radius 1 is 0.765 bits per heavy atom. The third kappa shape index (κ3) is 5.26. The van der Waals surface area contributed by atoms with Crippen LogP contribution in [0.25, 0.3) is 0 Å². The minimum Gasteiger partial charge on any atom is -0.397 e. The molecule has 0 N–H and O–H groups in total. The first-order valence-electron chi connectivity index (χ1n) is 4.72. The van der Waals surface area contributed by atoms with E-state index in [1.807, 2.05) is 0 Å². The lowest BCUT2D eigenvalue weighted by atomic mass is 10.5. The van der Waals surface area contributed by atoms with Crippen LogP contribution in [0, 0.1) is 0 Å². The van der Waals surface area contributed by atoms with Crippen molar-refractivity contribution in [3.8, 4) is 0 Å². The molecule has 0 aromatic rings. The molecule has 0 saturated heterocycles. The molecule has 0 aromatic carbocycles. The topological polar surface area (TPSA) is 18.5 Å². The van der Waals surface area contributed by atoms with Gasteiger partial charge in [-0.2, -0.15) is 0 Å². The van der Waals surface area contributed by atoms with Crippen molar-refractivity contribution < 1.29 is 35.2 Å². The summed E-state index contributed by atoms with van der Waals surface area (Å²) in [4.78, 5) is 0. The Morgan fingerprint density at radius 2 is 1.06 bits per heavy atom. The Bertz CT molecular complexity index is 196. The fourth-order valence-electron chi connectivity index (χ4n) is 1.27. The molecular formula is C8H14F6O2Si. The van der Waals surface area contributed by atoms with Crippen LogP contribution < -0.4 is 0 Å². The van der Waals surface area contributed by atoms with Crippen LogP contribution in [0.2, 0.25) is 12.1 Å². The molecule has 0 heterocycles. The molecule has 2 atom stereocenters. The highest BCUT2D eigenvalue weighted by Crippen LogP contribution is 2.28. The van der Waals surface area contributed by atoms with E-state index in [0.717, 1.165) is 14.2 Å². The molecular weight excluding hydrogens is 270 g/mol. The zero-order valence-corrected chi connectivity index (χ0v) is 10.3. The van der Waals surface area contributed by atoms with E-state index < -0.39 is 45.8 Å². The smallest absolute Gasteiger partial charge is 0.343 e. The van der Waals surface area contributed by atoms with Crippen molar-refractivity contribution in [2.45, 2.75) is 37.3 Å². The summed E-state index contributed by atoms with van der Waals surface area (Å²) in [5.74, 6) is 0. The average molecular weight is 284 g/mol. The monoisotopic (exact) mass is 284 g/mol. The van der Waals surface area contributed by atoms with Gasteiger partial charge in [-0.05, 0) is 0 Å². The van der Waals surface area contributed by atoms with Gasteiger partial charge < -0.3 is 8.85 Å². The van der Waals surface area contributed by atoms with Gasteiger partial charge in [0.15, 0.2) is 12.3 Å². The SMILES string of the molecule is CO[Si](CC(F)C(F)F)(CC(F)C(F)F)OC. The van der Waals surface area contributed by atoms with Crippen molar-refractivity contribution in [3.05, 3.63) is 0 Å². The molecule has 0 saturated carbocycles. The quantitative estimate of drug-likeness (QED) is 0.504. The lowest BCUT2D eigenvalue weighted by molar-refractivity contribution is 0.0429. The van der Waals surface area contributed by atoms with Crippen LogP contribution in [0.4, 0.5) is 26.3 Å². The van der Waals surface area contributed by atoms with Crippen molar-refractivity contribution in [2.24, 2.45) is 0 Å². The van der Waals surface area contributed by atoms with Crippen molar-refractivity contribution in [1.82, 2.24) is 0 Å². The molecule has 0 amide bonds. The Hall–Kier alpha value is -0.283. The minimum atomic E-state index is -3.71. The number of halogens is 6. The summed E-state index contributed by atoms with van der Waals surface area (Å²) >= 11 is 0. The molecule has 0 aromatic heterocycles. The minimum absolute atomic E-state index is 0.884. The predicted molar refractivity (Wildman–Crippen MR) is 51.2 cm³/mol. The first kappa shape index (κ1) is 16.7. The molecule has 0 bridgehead atoms. The van der Waals surface area contributed by atoms with E-state index >= 15 is 0 Å². The summed E-state index contributed by atoms with van der Waals surface area (Å²) in [6.07, 6.45) is -11.7. The van der Waals surface area contributed by atoms with E-state index in [1.54, 1.807) is 0 Å². The second kappa shape index (κ2) is 7.22. The maximum absolute atomic E-state index is 12.9. The molecule has 0 aliphatic heterocycles. The first-order valence-corrected chi connectivity index (χ1v) is 6.96. The molecule has 0 aliphatic carbocycles. The summed E-state index contributed by atoms with van der Waals surface area (Å²) in [5, 5.41) is 0. The summed E-state index contributed by atoms with van der Waals surface area (Å²) in [7, 11) is -1.69. The summed E-state index contributed by atoms with van der Waals surface area (Å²) in [6.45, 7) is 0. The van der Waals surface area contributed by atoms with Crippen LogP contribution >= 0.6 is 0 Å². The van der Waals surface area contributed by atoms with E-state index in [0.29, 0.717) is 0 Å². The van der Waals surface area contributed by atoms with Crippen molar-refractivity contribution >= 4 is 8.56 Å². The summed E-state index contributed by atoms with van der Waals surface area (Å²) in [6, 6.07) is -1.77. The Morgan fingerprint density at radius 3 is 1.24 bits per heavy atom. The molecule has 17 heavy (non-hydrogen) atoms. The molecule has 0 fully saturated rings. The van der Waals surface area contributed by atoms with Crippen LogP contribution in [-0.4, -0.2) is 48.0 Å². The second-order valence-electron chi connectivity index (χ2n) is 3.43. The van der Waals surface area contributed by atoms with Gasteiger partial charge in [-0.3, -0.25) is 0 Å². The van der Waals surface area contributed by atoms with Crippen LogP contribution in [0.3, 0.4) is 0 Å². The average Bonchev–Trinajstić information content (AvgIpc) is 2.27. The van der Waals surface area contributed by atoms with Gasteiger partial charge in [0.1, 0.15) is 0 Å². The molecule has 104 valence electrons.